The second kappa shape index (κ2) is 6.89. The third-order valence-corrected chi connectivity index (χ3v) is 3.77. The molecule has 0 aromatic rings. The number of nitrogens with zero attached hydrogens (tertiary/aromatic N) is 1. The highest BCUT2D eigenvalue weighted by molar-refractivity contribution is 5.87. The molecule has 19 heavy (non-hydrogen) atoms. The highest BCUT2D eigenvalue weighted by Crippen LogP contribution is 2.19. The topological polar surface area (TPSA) is 58.6 Å². The molecule has 5 nitrogen and oxygen atoms in total. The van der Waals surface area contributed by atoms with Crippen molar-refractivity contribution in [2.75, 3.05) is 20.7 Å². The smallest absolute Gasteiger partial charge is 0.330 e. The lowest BCUT2D eigenvalue weighted by Crippen LogP contribution is -2.50. The lowest BCUT2D eigenvalue weighted by molar-refractivity contribution is -0.149. The number of ether oxygens (including phenoxy) is 1. The summed E-state index contributed by atoms with van der Waals surface area (Å²) in [7, 11) is 3.44. The molecule has 1 heterocycles. The van der Waals surface area contributed by atoms with E-state index in [0.717, 1.165) is 19.4 Å². The van der Waals surface area contributed by atoms with Crippen LogP contribution in [-0.4, -0.2) is 49.1 Å². The van der Waals surface area contributed by atoms with Gasteiger partial charge in [0.2, 0.25) is 5.91 Å². The summed E-state index contributed by atoms with van der Waals surface area (Å²) in [5.41, 5.74) is -0.954. The number of likely N-dealkylation sites (tertiary alicyclic amines) is 1. The fraction of sp³-hybridized carbons (Fsp3) is 0.857. The molecule has 0 spiro atoms. The van der Waals surface area contributed by atoms with Gasteiger partial charge < -0.3 is 15.0 Å². The van der Waals surface area contributed by atoms with Gasteiger partial charge >= 0.3 is 5.97 Å². The average Bonchev–Trinajstić information content (AvgIpc) is 2.36. The number of nitrogens with one attached hydrogen (secondary N) is 1. The van der Waals surface area contributed by atoms with Crippen LogP contribution in [0.4, 0.5) is 0 Å². The van der Waals surface area contributed by atoms with E-state index >= 15 is 0 Å². The number of piperidine rings is 1. The zero-order valence-corrected chi connectivity index (χ0v) is 12.5. The van der Waals surface area contributed by atoms with Gasteiger partial charge in [-0.3, -0.25) is 4.79 Å². The monoisotopic (exact) mass is 270 g/mol. The number of carbonyl (C=O) groups excluding carboxylic acids is 2. The largest absolute Gasteiger partial charge is 0.467 e. The molecule has 1 N–H and O–H groups in total. The molecule has 1 aliphatic rings. The predicted octanol–water partition coefficient (Wildman–Crippen LogP) is 1.32. The van der Waals surface area contributed by atoms with Crippen LogP contribution in [0.2, 0.25) is 0 Å². The number of carbonyl (C=O) groups is 2. The summed E-state index contributed by atoms with van der Waals surface area (Å²) in [4.78, 5) is 25.7. The fourth-order valence-electron chi connectivity index (χ4n) is 2.52. The van der Waals surface area contributed by atoms with Crippen LogP contribution in [0.15, 0.2) is 0 Å². The molecule has 0 aromatic heterocycles. The molecule has 1 saturated heterocycles. The number of hydrogen-bond acceptors (Lipinski definition) is 4. The first kappa shape index (κ1) is 16.0. The summed E-state index contributed by atoms with van der Waals surface area (Å²) >= 11 is 0. The van der Waals surface area contributed by atoms with E-state index in [-0.39, 0.29) is 5.91 Å². The second-order valence-electron chi connectivity index (χ2n) is 5.83. The number of hydrogen-bond donors (Lipinski definition) is 1. The molecule has 1 rings (SSSR count). The quantitative estimate of drug-likeness (QED) is 0.765. The Hall–Kier alpha value is -1.10. The standard InChI is InChI=1S/C14H26N2O3/c1-14(2,13(18)19-4)15-12(17)9-8-11-7-5-6-10-16(11)3/h11H,5-10H2,1-4H3,(H,15,17). The van der Waals surface area contributed by atoms with Crippen molar-refractivity contribution >= 4 is 11.9 Å². The van der Waals surface area contributed by atoms with Crippen LogP contribution < -0.4 is 5.32 Å². The van der Waals surface area contributed by atoms with Gasteiger partial charge in [0.15, 0.2) is 0 Å². The van der Waals surface area contributed by atoms with E-state index in [1.807, 2.05) is 0 Å². The van der Waals surface area contributed by atoms with Crippen LogP contribution in [0, 0.1) is 0 Å². The first-order valence-corrected chi connectivity index (χ1v) is 6.96. The Kier molecular flexibility index (Phi) is 5.79. The Labute approximate surface area is 115 Å². The van der Waals surface area contributed by atoms with Gasteiger partial charge in [0.05, 0.1) is 7.11 Å². The lowest BCUT2D eigenvalue weighted by atomic mass is 9.98. The number of esters is 1. The van der Waals surface area contributed by atoms with Crippen LogP contribution >= 0.6 is 0 Å². The summed E-state index contributed by atoms with van der Waals surface area (Å²) in [6, 6.07) is 0.487. The minimum Gasteiger partial charge on any atom is -0.467 e. The first-order chi connectivity index (χ1) is 8.86. The second-order valence-corrected chi connectivity index (χ2v) is 5.83. The van der Waals surface area contributed by atoms with E-state index in [0.29, 0.717) is 12.5 Å². The highest BCUT2D eigenvalue weighted by Gasteiger charge is 2.30. The zero-order chi connectivity index (χ0) is 14.5. The Morgan fingerprint density at radius 1 is 1.37 bits per heavy atom. The average molecular weight is 270 g/mol. The van der Waals surface area contributed by atoms with E-state index < -0.39 is 11.5 Å². The molecule has 5 heteroatoms. The normalized spacial score (nSPS) is 20.9. The van der Waals surface area contributed by atoms with Gasteiger partial charge in [0, 0.05) is 12.5 Å². The maximum atomic E-state index is 11.9. The number of methoxy groups -OCH3 is 1. The molecule has 1 fully saturated rings. The van der Waals surface area contributed by atoms with Crippen molar-refractivity contribution in [1.82, 2.24) is 10.2 Å². The summed E-state index contributed by atoms with van der Waals surface area (Å²) in [5.74, 6) is -0.509. The van der Waals surface area contributed by atoms with Crippen LogP contribution in [0.3, 0.4) is 0 Å². The van der Waals surface area contributed by atoms with E-state index in [2.05, 4.69) is 22.0 Å². The minimum absolute atomic E-state index is 0.0885. The van der Waals surface area contributed by atoms with Gasteiger partial charge in [0.25, 0.3) is 0 Å². The van der Waals surface area contributed by atoms with Crippen molar-refractivity contribution in [1.29, 1.82) is 0 Å². The van der Waals surface area contributed by atoms with E-state index in [9.17, 15) is 9.59 Å². The molecular weight excluding hydrogens is 244 g/mol. The molecule has 0 bridgehead atoms. The lowest BCUT2D eigenvalue weighted by Gasteiger charge is -2.32. The van der Waals surface area contributed by atoms with Crippen molar-refractivity contribution in [2.24, 2.45) is 0 Å². The molecule has 0 saturated carbocycles. The van der Waals surface area contributed by atoms with E-state index in [1.165, 1.54) is 20.0 Å². The molecule has 0 aliphatic carbocycles. The predicted molar refractivity (Wildman–Crippen MR) is 73.7 cm³/mol. The van der Waals surface area contributed by atoms with Crippen molar-refractivity contribution < 1.29 is 14.3 Å². The zero-order valence-electron chi connectivity index (χ0n) is 12.5. The Balaban J connectivity index is 2.37. The van der Waals surface area contributed by atoms with Gasteiger partial charge in [-0.15, -0.1) is 0 Å². The SMILES string of the molecule is COC(=O)C(C)(C)NC(=O)CCC1CCCCN1C. The number of amides is 1. The van der Waals surface area contributed by atoms with Crippen LogP contribution in [-0.2, 0) is 14.3 Å². The maximum Gasteiger partial charge on any atom is 0.330 e. The Morgan fingerprint density at radius 2 is 2.05 bits per heavy atom. The molecule has 1 aliphatic heterocycles. The van der Waals surface area contributed by atoms with Gasteiger partial charge in [-0.1, -0.05) is 6.42 Å². The Morgan fingerprint density at radius 3 is 2.63 bits per heavy atom. The van der Waals surface area contributed by atoms with Crippen molar-refractivity contribution in [3.8, 4) is 0 Å². The van der Waals surface area contributed by atoms with E-state index in [4.69, 9.17) is 0 Å². The van der Waals surface area contributed by atoms with Crippen LogP contribution in [0.1, 0.15) is 46.0 Å². The fourth-order valence-corrected chi connectivity index (χ4v) is 2.52. The van der Waals surface area contributed by atoms with Gasteiger partial charge in [-0.2, -0.15) is 0 Å². The molecular formula is C14H26N2O3. The first-order valence-electron chi connectivity index (χ1n) is 6.96. The molecule has 1 unspecified atom stereocenters. The summed E-state index contributed by atoms with van der Waals surface area (Å²) < 4.78 is 4.67. The minimum atomic E-state index is -0.954. The summed E-state index contributed by atoms with van der Waals surface area (Å²) in [6.07, 6.45) is 4.94. The molecule has 110 valence electrons. The van der Waals surface area contributed by atoms with E-state index in [1.54, 1.807) is 13.8 Å². The summed E-state index contributed by atoms with van der Waals surface area (Å²) in [6.45, 7) is 4.42. The molecule has 0 radical (unpaired) electrons. The Bertz CT molecular complexity index is 329. The maximum absolute atomic E-state index is 11.9. The van der Waals surface area contributed by atoms with Crippen LogP contribution in [0.25, 0.3) is 0 Å². The van der Waals surface area contributed by atoms with Crippen molar-refractivity contribution in [3.05, 3.63) is 0 Å². The molecule has 1 atom stereocenters. The van der Waals surface area contributed by atoms with Crippen molar-refractivity contribution in [2.45, 2.75) is 57.5 Å². The third-order valence-electron chi connectivity index (χ3n) is 3.77. The van der Waals surface area contributed by atoms with Gasteiger partial charge in [0.1, 0.15) is 5.54 Å². The highest BCUT2D eigenvalue weighted by atomic mass is 16.5. The number of rotatable bonds is 5. The van der Waals surface area contributed by atoms with Gasteiger partial charge in [-0.25, -0.2) is 4.79 Å². The summed E-state index contributed by atoms with van der Waals surface area (Å²) in [5, 5.41) is 2.73. The molecule has 1 amide bonds. The molecule has 0 aromatic carbocycles. The van der Waals surface area contributed by atoms with Gasteiger partial charge in [-0.05, 0) is 46.7 Å². The third kappa shape index (κ3) is 4.82. The van der Waals surface area contributed by atoms with Crippen LogP contribution in [0.5, 0.6) is 0 Å². The van der Waals surface area contributed by atoms with Crippen molar-refractivity contribution in [3.63, 3.8) is 0 Å².